The van der Waals surface area contributed by atoms with Crippen molar-refractivity contribution in [2.45, 2.75) is 25.4 Å². The summed E-state index contributed by atoms with van der Waals surface area (Å²) in [6.45, 7) is 3.22. The minimum Gasteiger partial charge on any atom is -0.393 e. The summed E-state index contributed by atoms with van der Waals surface area (Å²) in [5.74, 6) is 0.291. The molecule has 0 bridgehead atoms. The number of thiol groups is 1. The lowest BCUT2D eigenvalue weighted by Gasteiger charge is -2.33. The van der Waals surface area contributed by atoms with Gasteiger partial charge < -0.3 is 10.0 Å². The zero-order valence-electron chi connectivity index (χ0n) is 8.80. The molecule has 0 aromatic rings. The molecule has 1 saturated carbocycles. The van der Waals surface area contributed by atoms with E-state index in [-0.39, 0.29) is 17.9 Å². The highest BCUT2D eigenvalue weighted by molar-refractivity contribution is 7.77. The van der Waals surface area contributed by atoms with Gasteiger partial charge in [-0.25, -0.2) is 4.31 Å². The van der Waals surface area contributed by atoms with Crippen molar-refractivity contribution in [3.8, 4) is 0 Å². The summed E-state index contributed by atoms with van der Waals surface area (Å²) in [6.07, 6.45) is 2.02. The third kappa shape index (κ3) is 2.65. The van der Waals surface area contributed by atoms with Gasteiger partial charge in [0.25, 0.3) is 0 Å². The van der Waals surface area contributed by atoms with Crippen LogP contribution in [0.3, 0.4) is 0 Å². The van der Waals surface area contributed by atoms with Gasteiger partial charge in [0.15, 0.2) is 0 Å². The number of hydrogen-bond acceptors (Lipinski definition) is 4. The molecular formula is C10H18N2O2S. The van der Waals surface area contributed by atoms with Gasteiger partial charge in [-0.3, -0.25) is 4.79 Å². The fraction of sp³-hybridized carbons (Fsp3) is 0.900. The first-order valence-electron chi connectivity index (χ1n) is 5.57. The van der Waals surface area contributed by atoms with Gasteiger partial charge in [-0.1, -0.05) is 12.8 Å². The van der Waals surface area contributed by atoms with E-state index in [2.05, 4.69) is 12.8 Å². The molecule has 1 saturated heterocycles. The number of carbonyl (C=O) groups is 1. The van der Waals surface area contributed by atoms with Crippen molar-refractivity contribution in [1.29, 1.82) is 0 Å². The first kappa shape index (κ1) is 11.2. The van der Waals surface area contributed by atoms with Crippen LogP contribution >= 0.6 is 12.8 Å². The standard InChI is InChI=1S/C10H18N2O2S/c13-9-2-1-8(7-9)10(14)11-3-5-12(15)6-4-11/h8-9,13,15H,1-7H2. The fourth-order valence-corrected chi connectivity index (χ4v) is 2.54. The second-order valence-corrected chi connectivity index (χ2v) is 5.01. The summed E-state index contributed by atoms with van der Waals surface area (Å²) in [5, 5.41) is 9.40. The Morgan fingerprint density at radius 1 is 1.20 bits per heavy atom. The predicted molar refractivity (Wildman–Crippen MR) is 60.5 cm³/mol. The summed E-state index contributed by atoms with van der Waals surface area (Å²) >= 11 is 4.25. The number of aliphatic hydroxyl groups is 1. The van der Waals surface area contributed by atoms with E-state index in [1.807, 2.05) is 9.21 Å². The number of amides is 1. The molecule has 86 valence electrons. The molecule has 1 aliphatic carbocycles. The van der Waals surface area contributed by atoms with Crippen LogP contribution < -0.4 is 0 Å². The molecule has 2 atom stereocenters. The van der Waals surface area contributed by atoms with Gasteiger partial charge >= 0.3 is 0 Å². The molecule has 5 heteroatoms. The molecule has 15 heavy (non-hydrogen) atoms. The molecule has 2 unspecified atom stereocenters. The zero-order valence-corrected chi connectivity index (χ0v) is 9.70. The Balaban J connectivity index is 1.85. The largest absolute Gasteiger partial charge is 0.393 e. The van der Waals surface area contributed by atoms with Crippen LogP contribution in [0.4, 0.5) is 0 Å². The molecule has 0 aromatic carbocycles. The molecule has 1 amide bonds. The minimum absolute atomic E-state index is 0.0615. The van der Waals surface area contributed by atoms with E-state index in [0.29, 0.717) is 6.42 Å². The first-order chi connectivity index (χ1) is 7.16. The van der Waals surface area contributed by atoms with Crippen LogP contribution in [-0.4, -0.2) is 52.5 Å². The summed E-state index contributed by atoms with van der Waals surface area (Å²) in [7, 11) is 0. The highest BCUT2D eigenvalue weighted by Crippen LogP contribution is 2.27. The second kappa shape index (κ2) is 4.72. The maximum absolute atomic E-state index is 12.0. The van der Waals surface area contributed by atoms with Crippen molar-refractivity contribution < 1.29 is 9.90 Å². The van der Waals surface area contributed by atoms with E-state index >= 15 is 0 Å². The number of aliphatic hydroxyl groups excluding tert-OH is 1. The lowest BCUT2D eigenvalue weighted by molar-refractivity contribution is -0.136. The average Bonchev–Trinajstić information content (AvgIpc) is 2.65. The van der Waals surface area contributed by atoms with Crippen molar-refractivity contribution in [3.63, 3.8) is 0 Å². The first-order valence-corrected chi connectivity index (χ1v) is 5.97. The number of piperazine rings is 1. The summed E-state index contributed by atoms with van der Waals surface area (Å²) in [6, 6.07) is 0. The molecule has 0 aromatic heterocycles. The third-order valence-corrected chi connectivity index (χ3v) is 3.72. The van der Waals surface area contributed by atoms with Gasteiger partial charge in [0, 0.05) is 32.1 Å². The Morgan fingerprint density at radius 3 is 2.40 bits per heavy atom. The number of carbonyl (C=O) groups excluding carboxylic acids is 1. The molecule has 1 N–H and O–H groups in total. The van der Waals surface area contributed by atoms with Crippen molar-refractivity contribution in [2.75, 3.05) is 26.2 Å². The highest BCUT2D eigenvalue weighted by atomic mass is 32.1. The maximum atomic E-state index is 12.0. The highest BCUT2D eigenvalue weighted by Gasteiger charge is 2.32. The van der Waals surface area contributed by atoms with E-state index in [4.69, 9.17) is 0 Å². The number of hydrogen-bond donors (Lipinski definition) is 2. The molecular weight excluding hydrogens is 212 g/mol. The van der Waals surface area contributed by atoms with Gasteiger partial charge in [-0.15, -0.1) is 0 Å². The second-order valence-electron chi connectivity index (χ2n) is 4.44. The molecule has 0 spiro atoms. The monoisotopic (exact) mass is 230 g/mol. The molecule has 2 rings (SSSR count). The zero-order chi connectivity index (χ0) is 10.8. The number of rotatable bonds is 1. The third-order valence-electron chi connectivity index (χ3n) is 3.32. The fourth-order valence-electron chi connectivity index (χ4n) is 2.36. The van der Waals surface area contributed by atoms with Gasteiger partial charge in [-0.05, 0) is 19.3 Å². The van der Waals surface area contributed by atoms with Crippen LogP contribution in [-0.2, 0) is 4.79 Å². The minimum atomic E-state index is -0.259. The Bertz CT molecular complexity index is 242. The van der Waals surface area contributed by atoms with E-state index in [1.165, 1.54) is 0 Å². The average molecular weight is 230 g/mol. The molecule has 1 heterocycles. The smallest absolute Gasteiger partial charge is 0.225 e. The Morgan fingerprint density at radius 2 is 1.87 bits per heavy atom. The predicted octanol–water partition coefficient (Wildman–Crippen LogP) is 0.136. The van der Waals surface area contributed by atoms with Gasteiger partial charge in [-0.2, -0.15) is 0 Å². The van der Waals surface area contributed by atoms with E-state index in [1.54, 1.807) is 0 Å². The van der Waals surface area contributed by atoms with Crippen molar-refractivity contribution in [1.82, 2.24) is 9.21 Å². The number of nitrogens with zero attached hydrogens (tertiary/aromatic N) is 2. The van der Waals surface area contributed by atoms with Crippen LogP contribution in [0.5, 0.6) is 0 Å². The lowest BCUT2D eigenvalue weighted by atomic mass is 10.1. The van der Waals surface area contributed by atoms with E-state index < -0.39 is 0 Å². The normalized spacial score (nSPS) is 33.3. The quantitative estimate of drug-likeness (QED) is 0.630. The summed E-state index contributed by atoms with van der Waals surface area (Å²) in [5.41, 5.74) is 0. The van der Waals surface area contributed by atoms with Crippen molar-refractivity contribution >= 4 is 18.7 Å². The molecule has 2 fully saturated rings. The van der Waals surface area contributed by atoms with Crippen LogP contribution in [0.15, 0.2) is 0 Å². The van der Waals surface area contributed by atoms with Crippen LogP contribution in [0, 0.1) is 5.92 Å². The molecule has 0 radical (unpaired) electrons. The van der Waals surface area contributed by atoms with Crippen LogP contribution in [0.1, 0.15) is 19.3 Å². The Hall–Kier alpha value is -0.260. The van der Waals surface area contributed by atoms with Gasteiger partial charge in [0.05, 0.1) is 6.10 Å². The Labute approximate surface area is 95.8 Å². The van der Waals surface area contributed by atoms with Crippen molar-refractivity contribution in [2.24, 2.45) is 5.92 Å². The molecule has 4 nitrogen and oxygen atoms in total. The molecule has 2 aliphatic rings. The van der Waals surface area contributed by atoms with Gasteiger partial charge in [0.2, 0.25) is 5.91 Å². The lowest BCUT2D eigenvalue weighted by Crippen LogP contribution is -2.47. The van der Waals surface area contributed by atoms with Crippen LogP contribution in [0.25, 0.3) is 0 Å². The summed E-state index contributed by atoms with van der Waals surface area (Å²) < 4.78 is 1.94. The SMILES string of the molecule is O=C(C1CCC(O)C1)N1CCN(S)CC1. The maximum Gasteiger partial charge on any atom is 0.225 e. The molecule has 1 aliphatic heterocycles. The van der Waals surface area contributed by atoms with Gasteiger partial charge in [0.1, 0.15) is 0 Å². The Kier molecular flexibility index (Phi) is 3.53. The van der Waals surface area contributed by atoms with Crippen LogP contribution in [0.2, 0.25) is 0 Å². The van der Waals surface area contributed by atoms with Crippen molar-refractivity contribution in [3.05, 3.63) is 0 Å². The van der Waals surface area contributed by atoms with E-state index in [0.717, 1.165) is 39.0 Å². The van der Waals surface area contributed by atoms with E-state index in [9.17, 15) is 9.90 Å². The topological polar surface area (TPSA) is 43.8 Å². The summed E-state index contributed by atoms with van der Waals surface area (Å²) in [4.78, 5) is 13.9.